The molecule has 0 unspecified atom stereocenters. The van der Waals surface area contributed by atoms with E-state index in [2.05, 4.69) is 12.2 Å². The maximum absolute atomic E-state index is 5.88. The topological polar surface area (TPSA) is 21.3 Å². The van der Waals surface area contributed by atoms with Gasteiger partial charge in [0.15, 0.2) is 0 Å². The first-order chi connectivity index (χ1) is 8.33. The molecular formula is C14H22ClNO. The van der Waals surface area contributed by atoms with Crippen molar-refractivity contribution in [3.8, 4) is 0 Å². The van der Waals surface area contributed by atoms with E-state index >= 15 is 0 Å². The van der Waals surface area contributed by atoms with Crippen LogP contribution >= 0.6 is 11.6 Å². The molecule has 0 saturated carbocycles. The highest BCUT2D eigenvalue weighted by Crippen LogP contribution is 2.14. The highest BCUT2D eigenvalue weighted by molar-refractivity contribution is 6.30. The van der Waals surface area contributed by atoms with Crippen LogP contribution in [0.2, 0.25) is 5.02 Å². The van der Waals surface area contributed by atoms with Crippen molar-refractivity contribution in [2.45, 2.75) is 32.6 Å². The summed E-state index contributed by atoms with van der Waals surface area (Å²) in [6, 6.07) is 7.74. The quantitative estimate of drug-likeness (QED) is 0.663. The zero-order valence-electron chi connectivity index (χ0n) is 10.5. The Kier molecular flexibility index (Phi) is 7.85. The Labute approximate surface area is 109 Å². The number of hydrogen-bond donors (Lipinski definition) is 1. The molecule has 2 nitrogen and oxygen atoms in total. The van der Waals surface area contributed by atoms with Crippen molar-refractivity contribution in [2.24, 2.45) is 0 Å². The molecule has 0 atom stereocenters. The van der Waals surface area contributed by atoms with Crippen LogP contribution in [0.15, 0.2) is 24.3 Å². The van der Waals surface area contributed by atoms with Gasteiger partial charge in [-0.25, -0.2) is 0 Å². The van der Waals surface area contributed by atoms with Crippen molar-refractivity contribution in [1.29, 1.82) is 0 Å². The first-order valence-electron chi connectivity index (χ1n) is 6.40. The van der Waals surface area contributed by atoms with Gasteiger partial charge < -0.3 is 10.1 Å². The normalized spacial score (nSPS) is 10.5. The van der Waals surface area contributed by atoms with Crippen LogP contribution in [0, 0.1) is 0 Å². The molecule has 0 aliphatic carbocycles. The third kappa shape index (κ3) is 7.24. The van der Waals surface area contributed by atoms with Gasteiger partial charge in [0, 0.05) is 23.9 Å². The molecular weight excluding hydrogens is 234 g/mol. The minimum Gasteiger partial charge on any atom is -0.383 e. The summed E-state index contributed by atoms with van der Waals surface area (Å²) in [6.45, 7) is 4.67. The summed E-state index contributed by atoms with van der Waals surface area (Å²) >= 11 is 5.88. The number of ether oxygens (including phenoxy) is 1. The van der Waals surface area contributed by atoms with Gasteiger partial charge in [-0.2, -0.15) is 0 Å². The molecule has 0 bridgehead atoms. The number of nitrogens with one attached hydrogen (secondary N) is 1. The van der Waals surface area contributed by atoms with Crippen LogP contribution in [0.4, 0.5) is 5.69 Å². The van der Waals surface area contributed by atoms with Crippen molar-refractivity contribution >= 4 is 17.3 Å². The molecule has 1 aromatic carbocycles. The molecule has 0 heterocycles. The lowest BCUT2D eigenvalue weighted by Crippen LogP contribution is -2.09. The molecule has 96 valence electrons. The van der Waals surface area contributed by atoms with Gasteiger partial charge in [-0.15, -0.1) is 0 Å². The molecule has 0 aliphatic heterocycles. The zero-order valence-corrected chi connectivity index (χ0v) is 11.3. The van der Waals surface area contributed by atoms with Crippen LogP contribution in [0.3, 0.4) is 0 Å². The average Bonchev–Trinajstić information content (AvgIpc) is 2.33. The fourth-order valence-corrected chi connectivity index (χ4v) is 1.79. The summed E-state index contributed by atoms with van der Waals surface area (Å²) in [5.41, 5.74) is 1.05. The van der Waals surface area contributed by atoms with Crippen LogP contribution in [-0.4, -0.2) is 19.8 Å². The molecule has 1 rings (SSSR count). The number of unbranched alkanes of at least 4 members (excludes halogenated alkanes) is 3. The van der Waals surface area contributed by atoms with Crippen molar-refractivity contribution in [3.05, 3.63) is 29.3 Å². The summed E-state index contributed by atoms with van der Waals surface area (Å²) < 4.78 is 5.54. The van der Waals surface area contributed by atoms with Gasteiger partial charge in [0.25, 0.3) is 0 Å². The Hall–Kier alpha value is -0.730. The Balaban J connectivity index is 1.97. The highest BCUT2D eigenvalue weighted by atomic mass is 35.5. The summed E-state index contributed by atoms with van der Waals surface area (Å²) in [4.78, 5) is 0. The lowest BCUT2D eigenvalue weighted by Gasteiger charge is -2.07. The minimum atomic E-state index is 0.749. The molecule has 0 amide bonds. The van der Waals surface area contributed by atoms with Crippen LogP contribution < -0.4 is 5.32 Å². The number of rotatable bonds is 9. The average molecular weight is 256 g/mol. The van der Waals surface area contributed by atoms with Gasteiger partial charge in [0.05, 0.1) is 6.61 Å². The van der Waals surface area contributed by atoms with E-state index in [1.54, 1.807) is 0 Å². The summed E-state index contributed by atoms with van der Waals surface area (Å²) in [5, 5.41) is 4.04. The third-order valence-electron chi connectivity index (χ3n) is 2.54. The molecule has 1 N–H and O–H groups in total. The van der Waals surface area contributed by atoms with Crippen LogP contribution in [-0.2, 0) is 4.74 Å². The lowest BCUT2D eigenvalue weighted by molar-refractivity contribution is 0.139. The highest BCUT2D eigenvalue weighted by Gasteiger charge is 1.93. The largest absolute Gasteiger partial charge is 0.383 e. The van der Waals surface area contributed by atoms with Crippen molar-refractivity contribution in [3.63, 3.8) is 0 Å². The van der Waals surface area contributed by atoms with E-state index in [1.807, 2.05) is 24.3 Å². The number of hydrogen-bond acceptors (Lipinski definition) is 2. The molecule has 3 heteroatoms. The second-order valence-electron chi connectivity index (χ2n) is 4.11. The molecule has 0 radical (unpaired) electrons. The van der Waals surface area contributed by atoms with E-state index < -0.39 is 0 Å². The van der Waals surface area contributed by atoms with Gasteiger partial charge >= 0.3 is 0 Å². The Morgan fingerprint density at radius 1 is 1.18 bits per heavy atom. The number of anilines is 1. The van der Waals surface area contributed by atoms with E-state index in [-0.39, 0.29) is 0 Å². The monoisotopic (exact) mass is 255 g/mol. The molecule has 1 aromatic rings. The fourth-order valence-electron chi connectivity index (χ4n) is 1.60. The van der Waals surface area contributed by atoms with Crippen molar-refractivity contribution < 1.29 is 4.74 Å². The van der Waals surface area contributed by atoms with Crippen LogP contribution in [0.25, 0.3) is 0 Å². The van der Waals surface area contributed by atoms with E-state index in [1.165, 1.54) is 25.7 Å². The van der Waals surface area contributed by atoms with Gasteiger partial charge in [-0.05, 0) is 24.6 Å². The molecule has 0 spiro atoms. The first-order valence-corrected chi connectivity index (χ1v) is 6.78. The first kappa shape index (κ1) is 14.3. The maximum atomic E-state index is 5.88. The van der Waals surface area contributed by atoms with Crippen LogP contribution in [0.1, 0.15) is 32.6 Å². The minimum absolute atomic E-state index is 0.749. The fraction of sp³-hybridized carbons (Fsp3) is 0.571. The van der Waals surface area contributed by atoms with Crippen molar-refractivity contribution in [2.75, 3.05) is 25.1 Å². The number of benzene rings is 1. The number of halogens is 1. The predicted octanol–water partition coefficient (Wildman–Crippen LogP) is 4.35. The predicted molar refractivity (Wildman–Crippen MR) is 74.9 cm³/mol. The standard InChI is InChI=1S/C14H22ClNO/c1-2-3-4-5-10-17-11-9-16-14-8-6-7-13(15)12-14/h6-8,12,16H,2-5,9-11H2,1H3. The maximum Gasteiger partial charge on any atom is 0.0639 e. The smallest absolute Gasteiger partial charge is 0.0639 e. The molecule has 0 fully saturated rings. The second kappa shape index (κ2) is 9.32. The zero-order chi connectivity index (χ0) is 12.3. The van der Waals surface area contributed by atoms with E-state index in [0.717, 1.165) is 30.5 Å². The Morgan fingerprint density at radius 3 is 2.82 bits per heavy atom. The van der Waals surface area contributed by atoms with Gasteiger partial charge in [-0.3, -0.25) is 0 Å². The lowest BCUT2D eigenvalue weighted by atomic mass is 10.2. The third-order valence-corrected chi connectivity index (χ3v) is 2.78. The Bertz CT molecular complexity index is 304. The summed E-state index contributed by atoms with van der Waals surface area (Å²) in [6.07, 6.45) is 5.03. The van der Waals surface area contributed by atoms with Gasteiger partial charge in [-0.1, -0.05) is 43.9 Å². The van der Waals surface area contributed by atoms with E-state index in [9.17, 15) is 0 Å². The molecule has 0 aliphatic rings. The van der Waals surface area contributed by atoms with E-state index in [0.29, 0.717) is 0 Å². The molecule has 17 heavy (non-hydrogen) atoms. The molecule has 0 saturated heterocycles. The summed E-state index contributed by atoms with van der Waals surface area (Å²) in [5.74, 6) is 0. The van der Waals surface area contributed by atoms with Gasteiger partial charge in [0.2, 0.25) is 0 Å². The van der Waals surface area contributed by atoms with Crippen LogP contribution in [0.5, 0.6) is 0 Å². The van der Waals surface area contributed by atoms with Gasteiger partial charge in [0.1, 0.15) is 0 Å². The Morgan fingerprint density at radius 2 is 2.06 bits per heavy atom. The second-order valence-corrected chi connectivity index (χ2v) is 4.55. The summed E-state index contributed by atoms with van der Waals surface area (Å²) in [7, 11) is 0. The van der Waals surface area contributed by atoms with E-state index in [4.69, 9.17) is 16.3 Å². The van der Waals surface area contributed by atoms with Crippen molar-refractivity contribution in [1.82, 2.24) is 0 Å². The SMILES string of the molecule is CCCCCCOCCNc1cccc(Cl)c1. The molecule has 0 aromatic heterocycles.